The molecule has 0 fully saturated rings. The normalized spacial score (nSPS) is 14.2. The maximum atomic E-state index is 10.8. The number of aliphatic hydroxyl groups is 1. The van der Waals surface area contributed by atoms with Crippen LogP contribution in [0.3, 0.4) is 0 Å². The number of hydrogen-bond acceptors (Lipinski definition) is 5. The van der Waals surface area contributed by atoms with Gasteiger partial charge < -0.3 is 10.2 Å². The summed E-state index contributed by atoms with van der Waals surface area (Å²) in [5.41, 5.74) is 0. The minimum atomic E-state index is -2.86. The summed E-state index contributed by atoms with van der Waals surface area (Å²) in [6, 6.07) is -2.41. The van der Waals surface area contributed by atoms with Gasteiger partial charge in [-0.3, -0.25) is 0 Å². The number of rotatable bonds is 3. The zero-order valence-electron chi connectivity index (χ0n) is 6.95. The number of aliphatic hydroxyl groups excluding tert-OH is 1. The van der Waals surface area contributed by atoms with Gasteiger partial charge in [0.2, 0.25) is 0 Å². The van der Waals surface area contributed by atoms with Crippen molar-refractivity contribution in [3.63, 3.8) is 0 Å². The van der Waals surface area contributed by atoms with Gasteiger partial charge in [0.15, 0.2) is 9.82 Å². The Morgan fingerprint density at radius 2 is 2.00 bits per heavy atom. The van der Waals surface area contributed by atoms with Crippen LogP contribution in [0.4, 0.5) is 4.79 Å². The third-order valence-electron chi connectivity index (χ3n) is 0.740. The third kappa shape index (κ3) is 9.16. The van der Waals surface area contributed by atoms with Crippen molar-refractivity contribution in [2.75, 3.05) is 5.75 Å². The molecular weight excluding hydrogens is 304 g/mol. The van der Waals surface area contributed by atoms with Gasteiger partial charge in [0.1, 0.15) is 0 Å². The fourth-order valence-electron chi connectivity index (χ4n) is 0.297. The number of alkyl halides is 3. The van der Waals surface area contributed by atoms with E-state index in [4.69, 9.17) is 39.9 Å². The molecule has 2 unspecified atom stereocenters. The van der Waals surface area contributed by atoms with Crippen LogP contribution in [0.1, 0.15) is 0 Å². The summed E-state index contributed by atoms with van der Waals surface area (Å²) < 4.78 is 9.00. The van der Waals surface area contributed by atoms with Crippen LogP contribution in [0, 0.1) is 0 Å². The maximum absolute atomic E-state index is 10.8. The second-order valence-corrected chi connectivity index (χ2v) is 7.09. The second kappa shape index (κ2) is 8.07. The van der Waals surface area contributed by atoms with Gasteiger partial charge in [0, 0.05) is 0 Å². The van der Waals surface area contributed by atoms with Crippen molar-refractivity contribution in [3.8, 4) is 0 Å². The first-order valence-electron chi connectivity index (χ1n) is 2.78. The molecule has 0 rings (SSSR count). The minimum absolute atomic E-state index is 0. The average molecular weight is 308 g/mol. The van der Waals surface area contributed by atoms with Gasteiger partial charge in [0.05, 0.1) is 5.75 Å². The summed E-state index contributed by atoms with van der Waals surface area (Å²) in [4.78, 5) is 9.81. The number of carbonyl (C=O) groups excluding carboxylic acids is 1. The van der Waals surface area contributed by atoms with Crippen LogP contribution >= 0.6 is 54.4 Å². The third-order valence-corrected chi connectivity index (χ3v) is 4.13. The van der Waals surface area contributed by atoms with E-state index in [1.54, 1.807) is 0 Å². The van der Waals surface area contributed by atoms with E-state index in [2.05, 4.69) is 0 Å². The molecule has 76 valence electrons. The Morgan fingerprint density at radius 3 is 2.29 bits per heavy atom. The molecule has 2 atom stereocenters. The Morgan fingerprint density at radius 1 is 1.57 bits per heavy atom. The van der Waals surface area contributed by atoms with Crippen molar-refractivity contribution in [1.29, 1.82) is 0 Å². The van der Waals surface area contributed by atoms with E-state index < -0.39 is 22.5 Å². The molecule has 0 radical (unpaired) electrons. The topological polar surface area (TPSA) is 77.4 Å². The van der Waals surface area contributed by atoms with Crippen molar-refractivity contribution in [1.82, 2.24) is 0 Å². The molecule has 14 heavy (non-hydrogen) atoms. The van der Waals surface area contributed by atoms with E-state index in [0.29, 0.717) is 11.8 Å². The van der Waals surface area contributed by atoms with Crippen LogP contribution in [0.15, 0.2) is 0 Å². The molecule has 0 heterocycles. The first-order valence-corrected chi connectivity index (χ1v) is 6.22. The number of hydrogen-bond donors (Lipinski definition) is 1. The van der Waals surface area contributed by atoms with Crippen LogP contribution in [-0.4, -0.2) is 25.5 Å². The van der Waals surface area contributed by atoms with Gasteiger partial charge in [-0.2, -0.15) is 0 Å². The van der Waals surface area contributed by atoms with E-state index >= 15 is 0 Å². The van der Waals surface area contributed by atoms with E-state index in [1.165, 1.54) is 0 Å². The molecule has 4 nitrogen and oxygen atoms in total. The monoisotopic (exact) mass is 307 g/mol. The summed E-state index contributed by atoms with van der Waals surface area (Å²) in [6.07, 6.45) is 0. The fraction of sp³-hybridized carbons (Fsp3) is 0.750. The molecule has 0 saturated carbocycles. The molecule has 1 N–H and O–H groups in total. The van der Waals surface area contributed by atoms with Crippen LogP contribution in [0.5, 0.6) is 0 Å². The van der Waals surface area contributed by atoms with Crippen molar-refractivity contribution >= 4 is 59.2 Å². The van der Waals surface area contributed by atoms with Crippen LogP contribution in [-0.2, 0) is 4.57 Å². The molecular formula is C4H4Cl3NaO4PS+. The minimum Gasteiger partial charge on any atom is -0.790 e. The summed E-state index contributed by atoms with van der Waals surface area (Å²) in [5.74, 6) is -0.218. The van der Waals surface area contributed by atoms with Gasteiger partial charge in [-0.25, -0.2) is 4.79 Å². The van der Waals surface area contributed by atoms with Crippen LogP contribution in [0.25, 0.3) is 0 Å². The molecule has 0 saturated heterocycles. The largest absolute Gasteiger partial charge is 1.00 e. The van der Waals surface area contributed by atoms with Gasteiger partial charge in [0.25, 0.3) is 0 Å². The standard InChI is InChI=1S/C4H4Cl3O4PS.Na/c5-4(6,7)1-13-3(10)12(11)2(8)9;/h2,8H,1H2;/q;+1. The second-order valence-electron chi connectivity index (χ2n) is 1.82. The summed E-state index contributed by atoms with van der Waals surface area (Å²) >= 11 is 16.3. The Labute approximate surface area is 123 Å². The van der Waals surface area contributed by atoms with Gasteiger partial charge in [-0.1, -0.05) is 39.4 Å². The van der Waals surface area contributed by atoms with Gasteiger partial charge in [-0.05, 0) is 11.8 Å². The zero-order chi connectivity index (χ0) is 10.6. The smallest absolute Gasteiger partial charge is 0.790 e. The average Bonchev–Trinajstić information content (AvgIpc) is 1.97. The molecule has 0 aromatic rings. The predicted molar refractivity (Wildman–Crippen MR) is 51.8 cm³/mol. The van der Waals surface area contributed by atoms with Crippen LogP contribution < -0.4 is 34.7 Å². The summed E-state index contributed by atoms with van der Waals surface area (Å²) in [7, 11) is -2.86. The van der Waals surface area contributed by atoms with Crippen molar-refractivity contribution in [3.05, 3.63) is 0 Å². The fourth-order valence-corrected chi connectivity index (χ4v) is 2.23. The number of thioether (sulfide) groups is 1. The van der Waals surface area contributed by atoms with Crippen molar-refractivity contribution in [2.45, 2.75) is 9.82 Å². The zero-order valence-corrected chi connectivity index (χ0v) is 12.9. The van der Waals surface area contributed by atoms with E-state index in [1.807, 2.05) is 0 Å². The Kier molecular flexibility index (Phi) is 10.5. The number of carbonyl (C=O) groups is 1. The van der Waals surface area contributed by atoms with Crippen molar-refractivity contribution < 1.29 is 49.1 Å². The molecule has 0 aliphatic carbocycles. The molecule has 0 aliphatic heterocycles. The number of halogens is 3. The van der Waals surface area contributed by atoms with Gasteiger partial charge >= 0.3 is 42.2 Å². The first kappa shape index (κ1) is 18.3. The van der Waals surface area contributed by atoms with E-state index in [9.17, 15) is 14.5 Å². The Bertz CT molecular complexity index is 221. The molecule has 0 spiro atoms. The van der Waals surface area contributed by atoms with Crippen LogP contribution in [0.2, 0.25) is 0 Å². The SMILES string of the molecule is O=C(SCC(Cl)(Cl)Cl)[P+](=O)C([O-])O.[Na+]. The summed E-state index contributed by atoms with van der Waals surface area (Å²) in [5, 5.41) is 18.4. The van der Waals surface area contributed by atoms with E-state index in [0.717, 1.165) is 0 Å². The molecule has 0 bridgehead atoms. The molecule has 0 amide bonds. The van der Waals surface area contributed by atoms with Crippen molar-refractivity contribution in [2.24, 2.45) is 0 Å². The first-order chi connectivity index (χ1) is 5.74. The van der Waals surface area contributed by atoms with E-state index in [-0.39, 0.29) is 35.3 Å². The Hall–Kier alpha value is 1.91. The molecule has 0 aromatic heterocycles. The quantitative estimate of drug-likeness (QED) is 0.303. The predicted octanol–water partition coefficient (Wildman–Crippen LogP) is -1.32. The Balaban J connectivity index is 0. The summed E-state index contributed by atoms with van der Waals surface area (Å²) in [6.45, 7) is 0. The molecule has 0 aliphatic rings. The maximum Gasteiger partial charge on any atom is 1.00 e. The molecule has 10 heteroatoms. The molecule has 0 aromatic carbocycles. The van der Waals surface area contributed by atoms with Gasteiger partial charge in [-0.15, -0.1) is 0 Å².